The molecule has 24 heavy (non-hydrogen) atoms. The molecule has 126 valence electrons. The van der Waals surface area contributed by atoms with Crippen molar-refractivity contribution in [3.63, 3.8) is 0 Å². The highest BCUT2D eigenvalue weighted by Crippen LogP contribution is 2.35. The number of benzene rings is 1. The van der Waals surface area contributed by atoms with Crippen molar-refractivity contribution < 1.29 is 5.11 Å². The molecule has 1 atom stereocenters. The molecule has 0 bridgehead atoms. The van der Waals surface area contributed by atoms with Crippen molar-refractivity contribution in [3.8, 4) is 17.0 Å². The van der Waals surface area contributed by atoms with Crippen molar-refractivity contribution in [1.29, 1.82) is 0 Å². The molecule has 1 fully saturated rings. The molecule has 1 aromatic heterocycles. The lowest BCUT2D eigenvalue weighted by Crippen LogP contribution is -2.58. The summed E-state index contributed by atoms with van der Waals surface area (Å²) in [4.78, 5) is 4.81. The first-order valence-corrected chi connectivity index (χ1v) is 8.35. The van der Waals surface area contributed by atoms with Crippen molar-refractivity contribution >= 4 is 11.5 Å². The zero-order valence-corrected chi connectivity index (χ0v) is 13.5. The van der Waals surface area contributed by atoms with Crippen LogP contribution >= 0.6 is 0 Å². The van der Waals surface area contributed by atoms with Crippen LogP contribution in [0.2, 0.25) is 0 Å². The number of nitrogens with one attached hydrogen (secondary N) is 1. The number of fused-ring (bicyclic) bond motifs is 3. The van der Waals surface area contributed by atoms with E-state index in [1.165, 1.54) is 0 Å². The number of nitrogens with zero attached hydrogens (tertiary/aromatic N) is 4. The number of piperazine rings is 1. The first kappa shape index (κ1) is 15.2. The van der Waals surface area contributed by atoms with Gasteiger partial charge < -0.3 is 21.1 Å². The monoisotopic (exact) mass is 326 g/mol. The van der Waals surface area contributed by atoms with Gasteiger partial charge in [-0.3, -0.25) is 4.90 Å². The third-order valence-corrected chi connectivity index (χ3v) is 4.78. The summed E-state index contributed by atoms with van der Waals surface area (Å²) in [7, 11) is 0. The van der Waals surface area contributed by atoms with Crippen LogP contribution in [0.5, 0.6) is 5.75 Å². The van der Waals surface area contributed by atoms with Gasteiger partial charge in [-0.2, -0.15) is 0 Å². The summed E-state index contributed by atoms with van der Waals surface area (Å²) in [6.07, 6.45) is 0. The SMILES string of the molecule is NCCN1CCN2c3cc(-c4ccccc4O)nnc3NC[C@H]2C1. The zero-order valence-electron chi connectivity index (χ0n) is 13.5. The minimum atomic E-state index is 0.222. The Hall–Kier alpha value is -2.38. The highest BCUT2D eigenvalue weighted by molar-refractivity contribution is 5.76. The summed E-state index contributed by atoms with van der Waals surface area (Å²) in [5, 5.41) is 22.1. The number of rotatable bonds is 3. The summed E-state index contributed by atoms with van der Waals surface area (Å²) >= 11 is 0. The third-order valence-electron chi connectivity index (χ3n) is 4.78. The molecule has 1 saturated heterocycles. The van der Waals surface area contributed by atoms with Gasteiger partial charge in [-0.1, -0.05) is 12.1 Å². The Kier molecular flexibility index (Phi) is 3.95. The average molecular weight is 326 g/mol. The van der Waals surface area contributed by atoms with Crippen LogP contribution in [-0.4, -0.2) is 65.5 Å². The van der Waals surface area contributed by atoms with Gasteiger partial charge in [0.2, 0.25) is 0 Å². The van der Waals surface area contributed by atoms with Crippen molar-refractivity contribution in [2.75, 3.05) is 49.5 Å². The van der Waals surface area contributed by atoms with E-state index < -0.39 is 0 Å². The van der Waals surface area contributed by atoms with E-state index in [9.17, 15) is 5.11 Å². The average Bonchev–Trinajstić information content (AvgIpc) is 2.62. The van der Waals surface area contributed by atoms with E-state index >= 15 is 0 Å². The molecule has 7 nitrogen and oxygen atoms in total. The number of aromatic hydroxyl groups is 1. The Balaban J connectivity index is 1.65. The molecule has 0 spiro atoms. The zero-order chi connectivity index (χ0) is 16.5. The van der Waals surface area contributed by atoms with E-state index in [2.05, 4.69) is 25.3 Å². The van der Waals surface area contributed by atoms with Gasteiger partial charge in [0.25, 0.3) is 0 Å². The molecule has 7 heteroatoms. The molecular formula is C17H22N6O. The number of para-hydroxylation sites is 1. The maximum atomic E-state index is 10.1. The van der Waals surface area contributed by atoms with Gasteiger partial charge in [-0.15, -0.1) is 10.2 Å². The van der Waals surface area contributed by atoms with Crippen LogP contribution in [0, 0.1) is 0 Å². The first-order valence-electron chi connectivity index (χ1n) is 8.35. The van der Waals surface area contributed by atoms with E-state index in [1.807, 2.05) is 18.2 Å². The predicted octanol–water partition coefficient (Wildman–Crippen LogP) is 0.724. The molecule has 2 aliphatic heterocycles. The smallest absolute Gasteiger partial charge is 0.172 e. The minimum Gasteiger partial charge on any atom is -0.507 e. The van der Waals surface area contributed by atoms with E-state index in [0.717, 1.165) is 44.2 Å². The summed E-state index contributed by atoms with van der Waals surface area (Å²) < 4.78 is 0. The summed E-state index contributed by atoms with van der Waals surface area (Å²) in [6.45, 7) is 5.44. The third kappa shape index (κ3) is 2.65. The Morgan fingerprint density at radius 2 is 2.12 bits per heavy atom. The summed E-state index contributed by atoms with van der Waals surface area (Å²) in [5.74, 6) is 1.04. The van der Waals surface area contributed by atoms with E-state index in [0.29, 0.717) is 23.8 Å². The molecule has 1 aromatic carbocycles. The Morgan fingerprint density at radius 3 is 2.96 bits per heavy atom. The van der Waals surface area contributed by atoms with Gasteiger partial charge >= 0.3 is 0 Å². The van der Waals surface area contributed by atoms with E-state index in [-0.39, 0.29) is 5.75 Å². The molecule has 3 heterocycles. The normalized spacial score (nSPS) is 20.2. The molecule has 2 aromatic rings. The van der Waals surface area contributed by atoms with E-state index in [1.54, 1.807) is 12.1 Å². The van der Waals surface area contributed by atoms with Gasteiger partial charge in [0.1, 0.15) is 5.75 Å². The maximum Gasteiger partial charge on any atom is 0.172 e. The summed E-state index contributed by atoms with van der Waals surface area (Å²) in [6, 6.07) is 9.65. The molecular weight excluding hydrogens is 304 g/mol. The summed E-state index contributed by atoms with van der Waals surface area (Å²) in [5.41, 5.74) is 8.15. The van der Waals surface area contributed by atoms with Crippen LogP contribution in [0.25, 0.3) is 11.3 Å². The molecule has 0 aliphatic carbocycles. The number of phenolic OH excluding ortho intramolecular Hbond substituents is 1. The van der Waals surface area contributed by atoms with Gasteiger partial charge in [0, 0.05) is 44.8 Å². The van der Waals surface area contributed by atoms with Crippen LogP contribution < -0.4 is 16.0 Å². The lowest BCUT2D eigenvalue weighted by molar-refractivity contribution is 0.230. The van der Waals surface area contributed by atoms with Crippen molar-refractivity contribution in [3.05, 3.63) is 30.3 Å². The molecule has 0 amide bonds. The predicted molar refractivity (Wildman–Crippen MR) is 94.3 cm³/mol. The van der Waals surface area contributed by atoms with Crippen molar-refractivity contribution in [1.82, 2.24) is 15.1 Å². The fraction of sp³-hybridized carbons (Fsp3) is 0.412. The maximum absolute atomic E-state index is 10.1. The largest absolute Gasteiger partial charge is 0.507 e. The molecule has 0 saturated carbocycles. The number of hydrogen-bond acceptors (Lipinski definition) is 7. The van der Waals surface area contributed by atoms with E-state index in [4.69, 9.17) is 5.73 Å². The van der Waals surface area contributed by atoms with Crippen LogP contribution in [-0.2, 0) is 0 Å². The molecule has 2 aliphatic rings. The topological polar surface area (TPSA) is 90.5 Å². The van der Waals surface area contributed by atoms with Crippen LogP contribution in [0.15, 0.2) is 30.3 Å². The fourth-order valence-corrected chi connectivity index (χ4v) is 3.56. The second-order valence-corrected chi connectivity index (χ2v) is 6.30. The van der Waals surface area contributed by atoms with Crippen LogP contribution in [0.1, 0.15) is 0 Å². The van der Waals surface area contributed by atoms with Crippen molar-refractivity contribution in [2.24, 2.45) is 5.73 Å². The van der Waals surface area contributed by atoms with Crippen molar-refractivity contribution in [2.45, 2.75) is 6.04 Å². The Morgan fingerprint density at radius 1 is 1.25 bits per heavy atom. The highest BCUT2D eigenvalue weighted by atomic mass is 16.3. The lowest BCUT2D eigenvalue weighted by atomic mass is 10.1. The van der Waals surface area contributed by atoms with Gasteiger partial charge in [0.05, 0.1) is 17.4 Å². The quantitative estimate of drug-likeness (QED) is 0.766. The minimum absolute atomic E-state index is 0.222. The highest BCUT2D eigenvalue weighted by Gasteiger charge is 2.32. The number of aromatic nitrogens is 2. The molecule has 4 N–H and O–H groups in total. The lowest BCUT2D eigenvalue weighted by Gasteiger charge is -2.45. The number of anilines is 2. The van der Waals surface area contributed by atoms with Gasteiger partial charge in [-0.25, -0.2) is 0 Å². The number of hydrogen-bond donors (Lipinski definition) is 3. The van der Waals surface area contributed by atoms with Gasteiger partial charge in [-0.05, 0) is 18.2 Å². The van der Waals surface area contributed by atoms with Crippen LogP contribution in [0.4, 0.5) is 11.5 Å². The standard InChI is InChI=1S/C17H22N6O/c18-5-6-22-7-8-23-12(11-22)10-19-17-15(23)9-14(20-21-17)13-3-1-2-4-16(13)24/h1-4,9,12,24H,5-8,10-11,18H2,(H,19,21)/t12-/m0/s1. The van der Waals surface area contributed by atoms with Gasteiger partial charge in [0.15, 0.2) is 5.82 Å². The molecule has 0 radical (unpaired) electrons. The van der Waals surface area contributed by atoms with Crippen LogP contribution in [0.3, 0.4) is 0 Å². The Labute approximate surface area is 141 Å². The number of phenols is 1. The first-order chi connectivity index (χ1) is 11.8. The fourth-order valence-electron chi connectivity index (χ4n) is 3.56. The second-order valence-electron chi connectivity index (χ2n) is 6.30. The molecule has 0 unspecified atom stereocenters. The molecule has 4 rings (SSSR count). The second kappa shape index (κ2) is 6.26. The number of nitrogens with two attached hydrogens (primary N) is 1. The Bertz CT molecular complexity index is 737.